The molecule has 0 aromatic heterocycles. The first kappa shape index (κ1) is 20.0. The second kappa shape index (κ2) is 9.96. The Labute approximate surface area is 149 Å². The van der Waals surface area contributed by atoms with E-state index in [4.69, 9.17) is 9.47 Å². The van der Waals surface area contributed by atoms with Gasteiger partial charge in [0.05, 0.1) is 5.92 Å². The minimum Gasteiger partial charge on any atom is -0.464 e. The molecule has 0 aliphatic rings. The summed E-state index contributed by atoms with van der Waals surface area (Å²) in [5.74, 6) is 0.938. The summed E-state index contributed by atoms with van der Waals surface area (Å²) in [5, 5.41) is 0. The van der Waals surface area contributed by atoms with Gasteiger partial charge < -0.3 is 14.4 Å². The Kier molecular flexibility index (Phi) is 8.30. The lowest BCUT2D eigenvalue weighted by molar-refractivity contribution is -0.145. The first-order valence-corrected chi connectivity index (χ1v) is 7.70. The summed E-state index contributed by atoms with van der Waals surface area (Å²) in [6, 6.07) is 17.1. The highest BCUT2D eigenvalue weighted by molar-refractivity contribution is 5.85. The molecule has 130 valence electrons. The number of halogens is 1. The van der Waals surface area contributed by atoms with E-state index in [0.29, 0.717) is 12.4 Å². The molecule has 1 unspecified atom stereocenters. The average molecular weight is 350 g/mol. The highest BCUT2D eigenvalue weighted by Gasteiger charge is 2.17. The summed E-state index contributed by atoms with van der Waals surface area (Å²) in [5.41, 5.74) is 0.883. The van der Waals surface area contributed by atoms with Gasteiger partial charge in [-0.2, -0.15) is 0 Å². The van der Waals surface area contributed by atoms with Crippen molar-refractivity contribution >= 4 is 18.4 Å². The highest BCUT2D eigenvalue weighted by atomic mass is 35.5. The third kappa shape index (κ3) is 6.22. The lowest BCUT2D eigenvalue weighted by atomic mass is 10.0. The van der Waals surface area contributed by atoms with Crippen LogP contribution in [0.1, 0.15) is 18.4 Å². The molecule has 2 rings (SSSR count). The Morgan fingerprint density at radius 1 is 1.04 bits per heavy atom. The molecule has 24 heavy (non-hydrogen) atoms. The average Bonchev–Trinajstić information content (AvgIpc) is 2.55. The molecule has 5 heteroatoms. The lowest BCUT2D eigenvalue weighted by Crippen LogP contribution is -2.22. The van der Waals surface area contributed by atoms with Crippen molar-refractivity contribution in [2.24, 2.45) is 0 Å². The number of likely N-dealkylation sites (N-methyl/N-ethyl adjacent to an activating group) is 1. The molecule has 0 amide bonds. The summed E-state index contributed by atoms with van der Waals surface area (Å²) in [6.45, 7) is 2.96. The van der Waals surface area contributed by atoms with E-state index in [1.165, 1.54) is 0 Å². The smallest absolute Gasteiger partial charge is 0.313 e. The second-order valence-corrected chi connectivity index (χ2v) is 5.68. The molecule has 0 saturated heterocycles. The summed E-state index contributed by atoms with van der Waals surface area (Å²) in [6.07, 6.45) is 0. The monoisotopic (exact) mass is 349 g/mol. The summed E-state index contributed by atoms with van der Waals surface area (Å²) in [7, 11) is 3.89. The van der Waals surface area contributed by atoms with Crippen molar-refractivity contribution in [2.45, 2.75) is 12.8 Å². The minimum atomic E-state index is -0.323. The Morgan fingerprint density at radius 2 is 1.71 bits per heavy atom. The van der Waals surface area contributed by atoms with Gasteiger partial charge >= 0.3 is 5.97 Å². The third-order valence-electron chi connectivity index (χ3n) is 3.47. The lowest BCUT2D eigenvalue weighted by Gasteiger charge is -2.15. The Hall–Kier alpha value is -2.04. The Morgan fingerprint density at radius 3 is 2.38 bits per heavy atom. The maximum absolute atomic E-state index is 12.1. The molecule has 1 atom stereocenters. The fourth-order valence-electron chi connectivity index (χ4n) is 2.06. The molecule has 0 bridgehead atoms. The van der Waals surface area contributed by atoms with Crippen LogP contribution in [0.4, 0.5) is 0 Å². The van der Waals surface area contributed by atoms with Crippen LogP contribution in [0.25, 0.3) is 0 Å². The second-order valence-electron chi connectivity index (χ2n) is 5.68. The predicted octanol–water partition coefficient (Wildman–Crippen LogP) is 4.11. The number of hydrogen-bond donors (Lipinski definition) is 0. The van der Waals surface area contributed by atoms with Crippen LogP contribution >= 0.6 is 12.4 Å². The molecular formula is C19H24ClNO3. The number of rotatable bonds is 7. The van der Waals surface area contributed by atoms with Gasteiger partial charge in [0.1, 0.15) is 18.1 Å². The zero-order valence-corrected chi connectivity index (χ0v) is 15.1. The highest BCUT2D eigenvalue weighted by Crippen LogP contribution is 2.25. The fraction of sp³-hybridized carbons (Fsp3) is 0.316. The molecule has 0 N–H and O–H groups in total. The van der Waals surface area contributed by atoms with Crippen molar-refractivity contribution in [3.8, 4) is 11.5 Å². The number of carbonyl (C=O) groups excluding carboxylic acids is 1. The van der Waals surface area contributed by atoms with Gasteiger partial charge in [-0.25, -0.2) is 0 Å². The van der Waals surface area contributed by atoms with Gasteiger partial charge in [0, 0.05) is 6.54 Å². The van der Waals surface area contributed by atoms with Crippen LogP contribution in [0, 0.1) is 0 Å². The first-order valence-electron chi connectivity index (χ1n) is 7.70. The normalized spacial score (nSPS) is 11.5. The third-order valence-corrected chi connectivity index (χ3v) is 3.47. The van der Waals surface area contributed by atoms with E-state index >= 15 is 0 Å². The molecule has 0 aliphatic carbocycles. The molecule has 0 heterocycles. The van der Waals surface area contributed by atoms with Gasteiger partial charge in [0.15, 0.2) is 0 Å². The number of ether oxygens (including phenoxy) is 2. The van der Waals surface area contributed by atoms with Crippen molar-refractivity contribution < 1.29 is 14.3 Å². The number of benzene rings is 2. The zero-order valence-electron chi connectivity index (χ0n) is 14.3. The topological polar surface area (TPSA) is 38.8 Å². The maximum Gasteiger partial charge on any atom is 0.313 e. The molecule has 2 aromatic rings. The number of nitrogens with zero attached hydrogens (tertiary/aromatic N) is 1. The molecular weight excluding hydrogens is 326 g/mol. The largest absolute Gasteiger partial charge is 0.464 e. The minimum absolute atomic E-state index is 0. The van der Waals surface area contributed by atoms with E-state index in [1.54, 1.807) is 0 Å². The van der Waals surface area contributed by atoms with Crippen LogP contribution in [0.15, 0.2) is 54.6 Å². The van der Waals surface area contributed by atoms with E-state index in [0.717, 1.165) is 17.9 Å². The van der Waals surface area contributed by atoms with E-state index < -0.39 is 0 Å². The predicted molar refractivity (Wildman–Crippen MR) is 98.1 cm³/mol. The molecule has 2 aromatic carbocycles. The van der Waals surface area contributed by atoms with Crippen LogP contribution in [0.3, 0.4) is 0 Å². The van der Waals surface area contributed by atoms with Gasteiger partial charge in [-0.1, -0.05) is 30.3 Å². The van der Waals surface area contributed by atoms with E-state index in [1.807, 2.05) is 80.5 Å². The van der Waals surface area contributed by atoms with Gasteiger partial charge in [0.2, 0.25) is 0 Å². The van der Waals surface area contributed by atoms with Crippen LogP contribution < -0.4 is 4.74 Å². The van der Waals surface area contributed by atoms with Crippen molar-refractivity contribution in [3.05, 3.63) is 60.2 Å². The number of esters is 1. The van der Waals surface area contributed by atoms with Gasteiger partial charge in [-0.3, -0.25) is 4.79 Å². The SMILES string of the molecule is CC(C(=O)OCCN(C)C)c1cccc(Oc2ccccc2)c1.Cl. The van der Waals surface area contributed by atoms with E-state index in [2.05, 4.69) is 0 Å². The summed E-state index contributed by atoms with van der Waals surface area (Å²) < 4.78 is 11.1. The van der Waals surface area contributed by atoms with Crippen LogP contribution in [0.5, 0.6) is 11.5 Å². The van der Waals surface area contributed by atoms with Crippen molar-refractivity contribution in [3.63, 3.8) is 0 Å². The number of carbonyl (C=O) groups is 1. The van der Waals surface area contributed by atoms with E-state index in [9.17, 15) is 4.79 Å². The molecule has 0 fully saturated rings. The Bertz CT molecular complexity index is 632. The number of para-hydroxylation sites is 1. The van der Waals surface area contributed by atoms with Crippen LogP contribution in [0.2, 0.25) is 0 Å². The van der Waals surface area contributed by atoms with Crippen LogP contribution in [-0.2, 0) is 9.53 Å². The van der Waals surface area contributed by atoms with Crippen molar-refractivity contribution in [1.82, 2.24) is 4.90 Å². The quantitative estimate of drug-likeness (QED) is 0.705. The van der Waals surface area contributed by atoms with E-state index in [-0.39, 0.29) is 24.3 Å². The van der Waals surface area contributed by atoms with Crippen molar-refractivity contribution in [1.29, 1.82) is 0 Å². The Balaban J connectivity index is 0.00000288. The molecule has 0 saturated carbocycles. The van der Waals surface area contributed by atoms with Crippen molar-refractivity contribution in [2.75, 3.05) is 27.2 Å². The molecule has 0 spiro atoms. The summed E-state index contributed by atoms with van der Waals surface area (Å²) >= 11 is 0. The van der Waals surface area contributed by atoms with Crippen LogP contribution in [-0.4, -0.2) is 38.1 Å². The number of hydrogen-bond acceptors (Lipinski definition) is 4. The first-order chi connectivity index (χ1) is 11.1. The van der Waals surface area contributed by atoms with Gasteiger partial charge in [-0.15, -0.1) is 12.4 Å². The molecule has 0 aliphatic heterocycles. The van der Waals surface area contributed by atoms with Gasteiger partial charge in [0.25, 0.3) is 0 Å². The zero-order chi connectivity index (χ0) is 16.7. The molecule has 4 nitrogen and oxygen atoms in total. The standard InChI is InChI=1S/C19H23NO3.ClH/c1-15(19(21)22-13-12-20(2)3)16-8-7-11-18(14-16)23-17-9-5-4-6-10-17;/h4-11,14-15H,12-13H2,1-3H3;1H. The van der Waals surface area contributed by atoms with Gasteiger partial charge in [-0.05, 0) is 50.8 Å². The maximum atomic E-state index is 12.1. The fourth-order valence-corrected chi connectivity index (χ4v) is 2.06. The molecule has 0 radical (unpaired) electrons. The summed E-state index contributed by atoms with van der Waals surface area (Å²) in [4.78, 5) is 14.1.